The molecule has 0 radical (unpaired) electrons. The summed E-state index contributed by atoms with van der Waals surface area (Å²) in [5.74, 6) is -0.419. The molecule has 0 unspecified atom stereocenters. The first-order valence-corrected chi connectivity index (χ1v) is 8.39. The average molecular weight is 401 g/mol. The number of nitrogens with zero attached hydrogens (tertiary/aromatic N) is 2. The van der Waals surface area contributed by atoms with Crippen LogP contribution >= 0.6 is 12.4 Å². The van der Waals surface area contributed by atoms with Crippen LogP contribution in [0.5, 0.6) is 0 Å². The van der Waals surface area contributed by atoms with E-state index in [9.17, 15) is 9.59 Å². The van der Waals surface area contributed by atoms with Gasteiger partial charge in [0.05, 0.1) is 7.11 Å². The van der Waals surface area contributed by atoms with E-state index in [2.05, 4.69) is 4.74 Å². The van der Waals surface area contributed by atoms with Gasteiger partial charge in [0, 0.05) is 36.1 Å². The molecule has 8 heteroatoms. The fourth-order valence-corrected chi connectivity index (χ4v) is 2.83. The summed E-state index contributed by atoms with van der Waals surface area (Å²) in [5, 5.41) is 7.44. The predicted molar refractivity (Wildman–Crippen MR) is 112 cm³/mol. The third kappa shape index (κ3) is 4.50. The number of hydrogen-bond acceptors (Lipinski definition) is 4. The molecular formula is C20H21ClN4O3. The van der Waals surface area contributed by atoms with E-state index in [1.807, 2.05) is 24.3 Å². The van der Waals surface area contributed by atoms with E-state index in [4.69, 9.17) is 11.1 Å². The minimum absolute atomic E-state index is 0. The van der Waals surface area contributed by atoms with Crippen LogP contribution in [0.2, 0.25) is 0 Å². The molecule has 28 heavy (non-hydrogen) atoms. The Bertz CT molecular complexity index is 895. The quantitative estimate of drug-likeness (QED) is 0.348. The van der Waals surface area contributed by atoms with E-state index in [1.165, 1.54) is 13.2 Å². The molecule has 3 N–H and O–H groups in total. The van der Waals surface area contributed by atoms with Crippen molar-refractivity contribution < 1.29 is 14.3 Å². The first kappa shape index (κ1) is 21.0. The molecule has 0 atom stereocenters. The lowest BCUT2D eigenvalue weighted by molar-refractivity contribution is -0.134. The Morgan fingerprint density at radius 3 is 2.00 bits per heavy atom. The van der Waals surface area contributed by atoms with Crippen molar-refractivity contribution in [1.82, 2.24) is 0 Å². The highest BCUT2D eigenvalue weighted by Gasteiger charge is 2.30. The molecule has 3 rings (SSSR count). The maximum Gasteiger partial charge on any atom is 0.330 e. The molecular weight excluding hydrogens is 380 g/mol. The molecule has 0 aliphatic carbocycles. The minimum atomic E-state index is -0.416. The molecule has 146 valence electrons. The Balaban J connectivity index is 0.00000280. The van der Waals surface area contributed by atoms with Crippen molar-refractivity contribution in [2.45, 2.75) is 0 Å². The lowest BCUT2D eigenvalue weighted by atomic mass is 10.2. The standard InChI is InChI=1S/C20H20N4O3.ClH/c1-27-18(25)11-4-14-2-7-16(8-3-14)23-12-13-24(20(23)26)17-9-5-15(6-10-17)19(21)22;/h2-11H,12-13H2,1H3,(H3,21,22);1H. The van der Waals surface area contributed by atoms with Crippen molar-refractivity contribution in [2.75, 3.05) is 30.0 Å². The van der Waals surface area contributed by atoms with Gasteiger partial charge in [0.1, 0.15) is 5.84 Å². The summed E-state index contributed by atoms with van der Waals surface area (Å²) < 4.78 is 4.56. The van der Waals surface area contributed by atoms with Gasteiger partial charge in [-0.1, -0.05) is 12.1 Å². The highest BCUT2D eigenvalue weighted by atomic mass is 35.5. The van der Waals surface area contributed by atoms with E-state index in [1.54, 1.807) is 40.1 Å². The normalized spacial score (nSPS) is 13.5. The molecule has 1 fully saturated rings. The fourth-order valence-electron chi connectivity index (χ4n) is 2.83. The van der Waals surface area contributed by atoms with Crippen LogP contribution < -0.4 is 15.5 Å². The van der Waals surface area contributed by atoms with Crippen LogP contribution in [0.1, 0.15) is 11.1 Å². The number of carbonyl (C=O) groups is 2. The number of nitrogens with two attached hydrogens (primary N) is 1. The second kappa shape index (κ2) is 9.05. The lowest BCUT2D eigenvalue weighted by Gasteiger charge is -2.19. The van der Waals surface area contributed by atoms with Crippen molar-refractivity contribution >= 4 is 47.7 Å². The van der Waals surface area contributed by atoms with Crippen LogP contribution in [0.25, 0.3) is 6.08 Å². The number of ether oxygens (including phenoxy) is 1. The van der Waals surface area contributed by atoms with Crippen LogP contribution in [-0.2, 0) is 9.53 Å². The largest absolute Gasteiger partial charge is 0.466 e. The maximum absolute atomic E-state index is 12.8. The Labute approximate surface area is 169 Å². The van der Waals surface area contributed by atoms with Crippen molar-refractivity contribution in [3.63, 3.8) is 0 Å². The van der Waals surface area contributed by atoms with Gasteiger partial charge in [-0.05, 0) is 48.0 Å². The maximum atomic E-state index is 12.8. The van der Waals surface area contributed by atoms with Crippen LogP contribution in [0.4, 0.5) is 16.2 Å². The van der Waals surface area contributed by atoms with Crippen molar-refractivity contribution in [2.24, 2.45) is 5.73 Å². The van der Waals surface area contributed by atoms with Gasteiger partial charge in [-0.15, -0.1) is 12.4 Å². The predicted octanol–water partition coefficient (Wildman–Crippen LogP) is 3.03. The number of amidine groups is 1. The van der Waals surface area contributed by atoms with E-state index < -0.39 is 5.97 Å². The zero-order chi connectivity index (χ0) is 19.4. The number of methoxy groups -OCH3 is 1. The van der Waals surface area contributed by atoms with Crippen LogP contribution in [0.3, 0.4) is 0 Å². The van der Waals surface area contributed by atoms with E-state index >= 15 is 0 Å². The number of amides is 2. The second-order valence-electron chi connectivity index (χ2n) is 5.99. The Hall–Kier alpha value is -3.32. The number of halogens is 1. The zero-order valence-electron chi connectivity index (χ0n) is 15.3. The highest BCUT2D eigenvalue weighted by Crippen LogP contribution is 2.25. The number of benzene rings is 2. The number of carbonyl (C=O) groups excluding carboxylic acids is 2. The lowest BCUT2D eigenvalue weighted by Crippen LogP contribution is -2.31. The molecule has 2 aromatic carbocycles. The number of rotatable bonds is 5. The summed E-state index contributed by atoms with van der Waals surface area (Å²) in [7, 11) is 1.33. The molecule has 2 amide bonds. The first-order valence-electron chi connectivity index (χ1n) is 8.39. The fraction of sp³-hybridized carbons (Fsp3) is 0.150. The van der Waals surface area contributed by atoms with Gasteiger partial charge in [0.15, 0.2) is 0 Å². The molecule has 0 saturated carbocycles. The Kier molecular flexibility index (Phi) is 6.79. The molecule has 0 aromatic heterocycles. The monoisotopic (exact) mass is 400 g/mol. The van der Waals surface area contributed by atoms with Gasteiger partial charge in [-0.25, -0.2) is 9.59 Å². The molecule has 7 nitrogen and oxygen atoms in total. The number of nitrogens with one attached hydrogen (secondary N) is 1. The van der Waals surface area contributed by atoms with Crippen molar-refractivity contribution in [1.29, 1.82) is 5.41 Å². The number of anilines is 2. The van der Waals surface area contributed by atoms with Gasteiger partial charge in [0.2, 0.25) is 0 Å². The first-order chi connectivity index (χ1) is 13.0. The van der Waals surface area contributed by atoms with Gasteiger partial charge in [-0.2, -0.15) is 0 Å². The van der Waals surface area contributed by atoms with Gasteiger partial charge in [0.25, 0.3) is 0 Å². The Morgan fingerprint density at radius 1 is 1.04 bits per heavy atom. The summed E-state index contributed by atoms with van der Waals surface area (Å²) >= 11 is 0. The molecule has 0 bridgehead atoms. The topological polar surface area (TPSA) is 99.7 Å². The summed E-state index contributed by atoms with van der Waals surface area (Å²) in [6, 6.07) is 14.3. The number of esters is 1. The third-order valence-electron chi connectivity index (χ3n) is 4.32. The molecule has 1 heterocycles. The number of nitrogen functional groups attached to an aromatic ring is 1. The molecule has 1 saturated heterocycles. The molecule has 2 aromatic rings. The van der Waals surface area contributed by atoms with E-state index in [-0.39, 0.29) is 24.3 Å². The Morgan fingerprint density at radius 2 is 1.54 bits per heavy atom. The molecule has 0 spiro atoms. The number of hydrogen-bond donors (Lipinski definition) is 2. The van der Waals surface area contributed by atoms with Crippen LogP contribution in [0.15, 0.2) is 54.6 Å². The zero-order valence-corrected chi connectivity index (χ0v) is 16.1. The highest BCUT2D eigenvalue weighted by molar-refractivity contribution is 6.06. The SMILES string of the molecule is COC(=O)C=Cc1ccc(N2CCN(c3ccc(C(=N)N)cc3)C2=O)cc1.Cl. The molecule has 1 aliphatic heterocycles. The smallest absolute Gasteiger partial charge is 0.330 e. The van der Waals surface area contributed by atoms with Crippen molar-refractivity contribution in [3.05, 3.63) is 65.7 Å². The summed E-state index contributed by atoms with van der Waals surface area (Å²) in [4.78, 5) is 27.3. The van der Waals surface area contributed by atoms with Gasteiger partial charge in [-0.3, -0.25) is 15.2 Å². The van der Waals surface area contributed by atoms with Crippen LogP contribution in [-0.4, -0.2) is 38.0 Å². The van der Waals surface area contributed by atoms with Gasteiger partial charge >= 0.3 is 12.0 Å². The number of urea groups is 1. The van der Waals surface area contributed by atoms with Gasteiger partial charge < -0.3 is 10.5 Å². The van der Waals surface area contributed by atoms with E-state index in [0.717, 1.165) is 16.9 Å². The third-order valence-corrected chi connectivity index (χ3v) is 4.32. The van der Waals surface area contributed by atoms with Crippen LogP contribution in [0, 0.1) is 5.41 Å². The summed E-state index contributed by atoms with van der Waals surface area (Å²) in [5.41, 5.74) is 8.49. The minimum Gasteiger partial charge on any atom is -0.466 e. The van der Waals surface area contributed by atoms with E-state index in [0.29, 0.717) is 18.7 Å². The van der Waals surface area contributed by atoms with Crippen molar-refractivity contribution in [3.8, 4) is 0 Å². The summed E-state index contributed by atoms with van der Waals surface area (Å²) in [6.45, 7) is 1.15. The average Bonchev–Trinajstić information content (AvgIpc) is 3.08. The summed E-state index contributed by atoms with van der Waals surface area (Å²) in [6.07, 6.45) is 3.01. The second-order valence-corrected chi connectivity index (χ2v) is 5.99. The molecule has 1 aliphatic rings.